The molecule has 2 N–H and O–H groups in total. The number of carboxylic acids is 1. The van der Waals surface area contributed by atoms with Crippen LogP contribution in [0.5, 0.6) is 0 Å². The number of aromatic carboxylic acids is 1. The lowest BCUT2D eigenvalue weighted by Gasteiger charge is -2.22. The average Bonchev–Trinajstić information content (AvgIpc) is 2.75. The molecule has 2 rings (SSSR count). The van der Waals surface area contributed by atoms with Gasteiger partial charge < -0.3 is 9.52 Å². The third kappa shape index (κ3) is 3.63. The Morgan fingerprint density at radius 3 is 2.43 bits per heavy atom. The van der Waals surface area contributed by atoms with Gasteiger partial charge in [-0.25, -0.2) is 26.4 Å². The van der Waals surface area contributed by atoms with E-state index >= 15 is 0 Å². The van der Waals surface area contributed by atoms with Crippen molar-refractivity contribution in [1.29, 1.82) is 0 Å². The Hall–Kier alpha value is -1.39. The van der Waals surface area contributed by atoms with Crippen molar-refractivity contribution in [3.05, 3.63) is 17.6 Å². The van der Waals surface area contributed by atoms with E-state index in [0.717, 1.165) is 6.07 Å². The lowest BCUT2D eigenvalue weighted by atomic mass is 10.2. The van der Waals surface area contributed by atoms with Gasteiger partial charge in [-0.1, -0.05) is 0 Å². The van der Waals surface area contributed by atoms with Gasteiger partial charge in [0.25, 0.3) is 0 Å². The van der Waals surface area contributed by atoms with E-state index in [2.05, 4.69) is 4.72 Å². The fourth-order valence-electron chi connectivity index (χ4n) is 2.13. The van der Waals surface area contributed by atoms with Crippen molar-refractivity contribution in [3.63, 3.8) is 0 Å². The number of nitrogens with one attached hydrogen (secondary N) is 1. The molecule has 0 aromatic carbocycles. The maximum atomic E-state index is 12.2. The smallest absolute Gasteiger partial charge is 0.371 e. The minimum Gasteiger partial charge on any atom is -0.475 e. The summed E-state index contributed by atoms with van der Waals surface area (Å²) in [6.07, 6.45) is 0.397. The third-order valence-corrected chi connectivity index (χ3v) is 6.59. The molecule has 1 aromatic heterocycles. The van der Waals surface area contributed by atoms with Gasteiger partial charge in [-0.05, 0) is 19.8 Å². The molecule has 0 amide bonds. The Morgan fingerprint density at radius 1 is 1.38 bits per heavy atom. The maximum absolute atomic E-state index is 12.2. The Balaban J connectivity index is 2.18. The monoisotopic (exact) mass is 337 g/mol. The van der Waals surface area contributed by atoms with E-state index in [1.54, 1.807) is 0 Å². The SMILES string of the molecule is Cc1oc(C(=O)O)cc1S(=O)(=O)NC1CCS(=O)(=O)CC1. The topological polar surface area (TPSA) is 131 Å². The van der Waals surface area contributed by atoms with Crippen molar-refractivity contribution in [3.8, 4) is 0 Å². The number of rotatable bonds is 4. The molecule has 0 atom stereocenters. The van der Waals surface area contributed by atoms with Crippen LogP contribution in [0.3, 0.4) is 0 Å². The number of sulfone groups is 1. The van der Waals surface area contributed by atoms with E-state index in [1.807, 2.05) is 0 Å². The molecule has 2 heterocycles. The molecule has 0 bridgehead atoms. The van der Waals surface area contributed by atoms with Crippen LogP contribution in [0.2, 0.25) is 0 Å². The fourth-order valence-corrected chi connectivity index (χ4v) is 5.10. The average molecular weight is 337 g/mol. The number of carbonyl (C=O) groups is 1. The van der Waals surface area contributed by atoms with Gasteiger partial charge in [0.15, 0.2) is 0 Å². The summed E-state index contributed by atoms with van der Waals surface area (Å²) in [4.78, 5) is 10.5. The van der Waals surface area contributed by atoms with Crippen LogP contribution < -0.4 is 4.72 Å². The van der Waals surface area contributed by atoms with Crippen LogP contribution in [0.15, 0.2) is 15.4 Å². The molecular formula is C11H15NO7S2. The summed E-state index contributed by atoms with van der Waals surface area (Å²) in [5.74, 6) is -1.97. The zero-order valence-corrected chi connectivity index (χ0v) is 12.8. The van der Waals surface area contributed by atoms with Crippen LogP contribution in [-0.2, 0) is 19.9 Å². The van der Waals surface area contributed by atoms with Crippen molar-refractivity contribution >= 4 is 25.8 Å². The van der Waals surface area contributed by atoms with Crippen LogP contribution in [0.1, 0.15) is 29.2 Å². The molecular weight excluding hydrogens is 322 g/mol. The molecule has 21 heavy (non-hydrogen) atoms. The first-order valence-electron chi connectivity index (χ1n) is 6.17. The van der Waals surface area contributed by atoms with E-state index < -0.39 is 37.6 Å². The molecule has 0 saturated carbocycles. The number of furan rings is 1. The zero-order valence-electron chi connectivity index (χ0n) is 11.2. The molecule has 1 aromatic rings. The fraction of sp³-hybridized carbons (Fsp3) is 0.545. The quantitative estimate of drug-likeness (QED) is 0.799. The minimum atomic E-state index is -3.94. The van der Waals surface area contributed by atoms with Gasteiger partial charge in [0.1, 0.15) is 20.5 Å². The second kappa shape index (κ2) is 5.43. The van der Waals surface area contributed by atoms with Crippen molar-refractivity contribution in [2.45, 2.75) is 30.7 Å². The second-order valence-corrected chi connectivity index (χ2v) is 8.87. The second-order valence-electron chi connectivity index (χ2n) is 4.88. The van der Waals surface area contributed by atoms with Gasteiger partial charge in [0.05, 0.1) is 11.5 Å². The highest BCUT2D eigenvalue weighted by Gasteiger charge is 2.30. The molecule has 0 spiro atoms. The third-order valence-electron chi connectivity index (χ3n) is 3.25. The summed E-state index contributed by atoms with van der Waals surface area (Å²) in [5, 5.41) is 8.79. The summed E-state index contributed by atoms with van der Waals surface area (Å²) < 4.78 is 54.3. The molecule has 0 aliphatic carbocycles. The summed E-state index contributed by atoms with van der Waals surface area (Å²) in [5.41, 5.74) is 0. The Bertz CT molecular complexity index is 746. The number of aryl methyl sites for hydroxylation is 1. The molecule has 1 aliphatic rings. The lowest BCUT2D eigenvalue weighted by molar-refractivity contribution is 0.0661. The van der Waals surface area contributed by atoms with Crippen molar-refractivity contribution < 1.29 is 31.2 Å². The van der Waals surface area contributed by atoms with Gasteiger partial charge >= 0.3 is 5.97 Å². The Morgan fingerprint density at radius 2 is 1.95 bits per heavy atom. The van der Waals surface area contributed by atoms with E-state index in [4.69, 9.17) is 9.52 Å². The number of sulfonamides is 1. The largest absolute Gasteiger partial charge is 0.475 e. The highest BCUT2D eigenvalue weighted by atomic mass is 32.2. The van der Waals surface area contributed by atoms with E-state index in [1.165, 1.54) is 6.92 Å². The van der Waals surface area contributed by atoms with Gasteiger partial charge in [-0.15, -0.1) is 0 Å². The summed E-state index contributed by atoms with van der Waals surface area (Å²) in [6, 6.07) is 0.459. The molecule has 1 saturated heterocycles. The summed E-state index contributed by atoms with van der Waals surface area (Å²) in [7, 11) is -7.02. The van der Waals surface area contributed by atoms with Gasteiger partial charge in [-0.2, -0.15) is 0 Å². The molecule has 118 valence electrons. The highest BCUT2D eigenvalue weighted by molar-refractivity contribution is 7.91. The summed E-state index contributed by atoms with van der Waals surface area (Å²) in [6.45, 7) is 1.35. The van der Waals surface area contributed by atoms with E-state index in [0.29, 0.717) is 0 Å². The number of hydrogen-bond acceptors (Lipinski definition) is 6. The molecule has 10 heteroatoms. The predicted octanol–water partition coefficient (Wildman–Crippen LogP) is 0.142. The van der Waals surface area contributed by atoms with Gasteiger partial charge in [-0.3, -0.25) is 0 Å². The van der Waals surface area contributed by atoms with E-state index in [-0.39, 0.29) is 35.0 Å². The van der Waals surface area contributed by atoms with Crippen LogP contribution in [-0.4, -0.2) is 45.5 Å². The maximum Gasteiger partial charge on any atom is 0.371 e. The molecule has 0 radical (unpaired) electrons. The number of carboxylic acid groups (broad SMARTS) is 1. The standard InChI is InChI=1S/C11H15NO7S2/c1-7-10(6-9(19-7)11(13)14)21(17,18)12-8-2-4-20(15,16)5-3-8/h6,8,12H,2-5H2,1H3,(H,13,14). The lowest BCUT2D eigenvalue weighted by Crippen LogP contribution is -2.40. The van der Waals surface area contributed by atoms with Gasteiger partial charge in [0, 0.05) is 12.1 Å². The first-order chi connectivity index (χ1) is 9.61. The first-order valence-corrected chi connectivity index (χ1v) is 9.48. The molecule has 8 nitrogen and oxygen atoms in total. The Labute approximate surface area is 122 Å². The zero-order chi connectivity index (χ0) is 15.8. The molecule has 1 aliphatic heterocycles. The highest BCUT2D eigenvalue weighted by Crippen LogP contribution is 2.22. The van der Waals surface area contributed by atoms with Crippen molar-refractivity contribution in [1.82, 2.24) is 4.72 Å². The molecule has 1 fully saturated rings. The summed E-state index contributed by atoms with van der Waals surface area (Å²) >= 11 is 0. The minimum absolute atomic E-state index is 0.0247. The Kier molecular flexibility index (Phi) is 4.13. The van der Waals surface area contributed by atoms with Crippen molar-refractivity contribution in [2.24, 2.45) is 0 Å². The normalized spacial score (nSPS) is 19.5. The van der Waals surface area contributed by atoms with E-state index in [9.17, 15) is 21.6 Å². The van der Waals surface area contributed by atoms with Crippen LogP contribution >= 0.6 is 0 Å². The van der Waals surface area contributed by atoms with Gasteiger partial charge in [0.2, 0.25) is 15.8 Å². The first kappa shape index (κ1) is 16.0. The van der Waals surface area contributed by atoms with Crippen LogP contribution in [0, 0.1) is 6.92 Å². The number of hydrogen-bond donors (Lipinski definition) is 2. The van der Waals surface area contributed by atoms with Crippen LogP contribution in [0.25, 0.3) is 0 Å². The van der Waals surface area contributed by atoms with Crippen molar-refractivity contribution in [2.75, 3.05) is 11.5 Å². The molecule has 0 unspecified atom stereocenters. The van der Waals surface area contributed by atoms with Crippen LogP contribution in [0.4, 0.5) is 0 Å². The predicted molar refractivity (Wildman–Crippen MR) is 72.4 cm³/mol.